The molecule has 0 radical (unpaired) electrons. The highest BCUT2D eigenvalue weighted by Crippen LogP contribution is 2.10. The number of hydrogen-bond donors (Lipinski definition) is 1. The molecule has 1 aliphatic heterocycles. The Morgan fingerprint density at radius 3 is 2.40 bits per heavy atom. The summed E-state index contributed by atoms with van der Waals surface area (Å²) in [7, 11) is 1.68. The van der Waals surface area contributed by atoms with Gasteiger partial charge >= 0.3 is 0 Å². The van der Waals surface area contributed by atoms with Crippen molar-refractivity contribution in [1.82, 2.24) is 9.80 Å². The Bertz CT molecular complexity index is 481. The van der Waals surface area contributed by atoms with Crippen LogP contribution in [0.25, 0.3) is 0 Å². The minimum absolute atomic E-state index is 0.0375. The lowest BCUT2D eigenvalue weighted by molar-refractivity contribution is -0.138. The summed E-state index contributed by atoms with van der Waals surface area (Å²) in [6.07, 6.45) is 2.46. The first-order chi connectivity index (χ1) is 9.56. The molecule has 2 rings (SSSR count). The second kappa shape index (κ2) is 6.79. The molecular weight excluding hydrogens is 272 g/mol. The quantitative estimate of drug-likeness (QED) is 0.856. The van der Waals surface area contributed by atoms with Crippen molar-refractivity contribution in [1.29, 1.82) is 0 Å². The Labute approximate surface area is 125 Å². The number of rotatable bonds is 4. The number of nitrogens with zero attached hydrogens (tertiary/aromatic N) is 2. The number of carbonyl (C=O) groups is 2. The molecule has 1 aliphatic rings. The molecular formula is C15H20N2O2S. The molecule has 1 fully saturated rings. The van der Waals surface area contributed by atoms with Gasteiger partial charge in [0.2, 0.25) is 11.8 Å². The van der Waals surface area contributed by atoms with Gasteiger partial charge in [0.15, 0.2) is 0 Å². The van der Waals surface area contributed by atoms with E-state index >= 15 is 0 Å². The lowest BCUT2D eigenvalue weighted by Gasteiger charge is -2.21. The molecule has 108 valence electrons. The number of likely N-dealkylation sites (tertiary alicyclic amines) is 1. The van der Waals surface area contributed by atoms with Crippen molar-refractivity contribution in [2.75, 3.05) is 26.7 Å². The maximum atomic E-state index is 12.1. The lowest BCUT2D eigenvalue weighted by Crippen LogP contribution is -2.40. The summed E-state index contributed by atoms with van der Waals surface area (Å²) in [5.41, 5.74) is 0.938. The third kappa shape index (κ3) is 4.00. The summed E-state index contributed by atoms with van der Waals surface area (Å²) in [4.78, 5) is 28.3. The Morgan fingerprint density at radius 1 is 1.20 bits per heavy atom. The summed E-state index contributed by atoms with van der Waals surface area (Å²) >= 11 is 4.21. The first-order valence-electron chi connectivity index (χ1n) is 6.86. The van der Waals surface area contributed by atoms with Crippen molar-refractivity contribution < 1.29 is 9.59 Å². The zero-order valence-corrected chi connectivity index (χ0v) is 12.6. The van der Waals surface area contributed by atoms with Crippen LogP contribution in [-0.2, 0) is 16.0 Å². The highest BCUT2D eigenvalue weighted by atomic mass is 32.1. The van der Waals surface area contributed by atoms with Gasteiger partial charge in [0.25, 0.3) is 0 Å². The predicted molar refractivity (Wildman–Crippen MR) is 80.8 cm³/mol. The number of carbonyl (C=O) groups excluding carboxylic acids is 2. The van der Waals surface area contributed by atoms with E-state index in [9.17, 15) is 9.59 Å². The Morgan fingerprint density at radius 2 is 1.80 bits per heavy atom. The highest BCUT2D eigenvalue weighted by molar-refractivity contribution is 7.80. The molecule has 1 saturated heterocycles. The SMILES string of the molecule is CN(CC(=O)N1CCCC1)C(=O)Cc1ccc(S)cc1. The number of benzene rings is 1. The third-order valence-corrected chi connectivity index (χ3v) is 3.85. The first kappa shape index (κ1) is 14.9. The molecule has 0 atom stereocenters. The van der Waals surface area contributed by atoms with E-state index in [1.165, 1.54) is 4.90 Å². The van der Waals surface area contributed by atoms with Gasteiger partial charge < -0.3 is 9.80 Å². The zero-order valence-electron chi connectivity index (χ0n) is 11.7. The van der Waals surface area contributed by atoms with Gasteiger partial charge in [0.1, 0.15) is 0 Å². The smallest absolute Gasteiger partial charge is 0.242 e. The molecule has 4 nitrogen and oxygen atoms in total. The van der Waals surface area contributed by atoms with E-state index in [0.29, 0.717) is 6.42 Å². The Kier molecular flexibility index (Phi) is 5.06. The first-order valence-corrected chi connectivity index (χ1v) is 7.30. The minimum atomic E-state index is -0.0375. The van der Waals surface area contributed by atoms with Crippen LogP contribution in [0, 0.1) is 0 Å². The molecule has 1 aromatic carbocycles. The fourth-order valence-corrected chi connectivity index (χ4v) is 2.43. The standard InChI is InChI=1S/C15H20N2O2S/c1-16(11-15(19)17-8-2-3-9-17)14(18)10-12-4-6-13(20)7-5-12/h4-7,20H,2-3,8-11H2,1H3. The van der Waals surface area contributed by atoms with E-state index in [0.717, 1.165) is 36.4 Å². The molecule has 1 aromatic rings. The largest absolute Gasteiger partial charge is 0.341 e. The van der Waals surface area contributed by atoms with Gasteiger partial charge in [0.05, 0.1) is 13.0 Å². The molecule has 2 amide bonds. The summed E-state index contributed by atoms with van der Waals surface area (Å²) in [5, 5.41) is 0. The summed E-state index contributed by atoms with van der Waals surface area (Å²) in [6, 6.07) is 7.49. The van der Waals surface area contributed by atoms with Gasteiger partial charge in [-0.25, -0.2) is 0 Å². The maximum absolute atomic E-state index is 12.1. The van der Waals surface area contributed by atoms with Crippen LogP contribution >= 0.6 is 12.6 Å². The van der Waals surface area contributed by atoms with Crippen LogP contribution in [-0.4, -0.2) is 48.3 Å². The molecule has 0 saturated carbocycles. The van der Waals surface area contributed by atoms with Crippen molar-refractivity contribution in [3.05, 3.63) is 29.8 Å². The third-order valence-electron chi connectivity index (χ3n) is 3.55. The summed E-state index contributed by atoms with van der Waals surface area (Å²) in [5.74, 6) is 0.00789. The summed E-state index contributed by atoms with van der Waals surface area (Å²) in [6.45, 7) is 1.82. The normalized spacial score (nSPS) is 14.4. The maximum Gasteiger partial charge on any atom is 0.242 e. The summed E-state index contributed by atoms with van der Waals surface area (Å²) < 4.78 is 0. The van der Waals surface area contributed by atoms with Gasteiger partial charge in [-0.2, -0.15) is 0 Å². The molecule has 5 heteroatoms. The fourth-order valence-electron chi connectivity index (χ4n) is 2.28. The van der Waals surface area contributed by atoms with Crippen LogP contribution in [0.1, 0.15) is 18.4 Å². The van der Waals surface area contributed by atoms with Crippen molar-refractivity contribution in [2.45, 2.75) is 24.2 Å². The van der Waals surface area contributed by atoms with Crippen molar-refractivity contribution in [2.24, 2.45) is 0 Å². The van der Waals surface area contributed by atoms with Gasteiger partial charge in [-0.15, -0.1) is 12.6 Å². The molecule has 0 spiro atoms. The van der Waals surface area contributed by atoms with E-state index in [2.05, 4.69) is 12.6 Å². The molecule has 0 N–H and O–H groups in total. The average Bonchev–Trinajstić information content (AvgIpc) is 2.95. The topological polar surface area (TPSA) is 40.6 Å². The van der Waals surface area contributed by atoms with Crippen molar-refractivity contribution in [3.8, 4) is 0 Å². The number of amides is 2. The van der Waals surface area contributed by atoms with Crippen LogP contribution in [0.5, 0.6) is 0 Å². The Balaban J connectivity index is 1.85. The molecule has 0 aliphatic carbocycles. The van der Waals surface area contributed by atoms with E-state index in [-0.39, 0.29) is 18.4 Å². The van der Waals surface area contributed by atoms with E-state index < -0.39 is 0 Å². The van der Waals surface area contributed by atoms with Crippen molar-refractivity contribution in [3.63, 3.8) is 0 Å². The zero-order chi connectivity index (χ0) is 14.5. The molecule has 0 bridgehead atoms. The number of thiol groups is 1. The van der Waals surface area contributed by atoms with Crippen LogP contribution in [0.3, 0.4) is 0 Å². The van der Waals surface area contributed by atoms with Gasteiger partial charge in [0, 0.05) is 25.0 Å². The lowest BCUT2D eigenvalue weighted by atomic mass is 10.1. The van der Waals surface area contributed by atoms with E-state index in [4.69, 9.17) is 0 Å². The molecule has 1 heterocycles. The molecule has 20 heavy (non-hydrogen) atoms. The van der Waals surface area contributed by atoms with E-state index in [1.807, 2.05) is 29.2 Å². The van der Waals surface area contributed by atoms with Crippen molar-refractivity contribution >= 4 is 24.4 Å². The second-order valence-electron chi connectivity index (χ2n) is 5.18. The highest BCUT2D eigenvalue weighted by Gasteiger charge is 2.21. The van der Waals surface area contributed by atoms with Gasteiger partial charge in [-0.05, 0) is 30.5 Å². The molecule has 0 aromatic heterocycles. The molecule has 0 unspecified atom stereocenters. The minimum Gasteiger partial charge on any atom is -0.341 e. The monoisotopic (exact) mass is 292 g/mol. The van der Waals surface area contributed by atoms with Crippen LogP contribution in [0.15, 0.2) is 29.2 Å². The van der Waals surface area contributed by atoms with Crippen LogP contribution < -0.4 is 0 Å². The van der Waals surface area contributed by atoms with Crippen LogP contribution in [0.2, 0.25) is 0 Å². The van der Waals surface area contributed by atoms with E-state index in [1.54, 1.807) is 7.05 Å². The average molecular weight is 292 g/mol. The number of hydrogen-bond acceptors (Lipinski definition) is 3. The second-order valence-corrected chi connectivity index (χ2v) is 5.70. The predicted octanol–water partition coefficient (Wildman–Crippen LogP) is 1.60. The van der Waals surface area contributed by atoms with Gasteiger partial charge in [-0.3, -0.25) is 9.59 Å². The number of likely N-dealkylation sites (N-methyl/N-ethyl adjacent to an activating group) is 1. The fraction of sp³-hybridized carbons (Fsp3) is 0.467. The Hall–Kier alpha value is -1.49. The van der Waals surface area contributed by atoms with Crippen LogP contribution in [0.4, 0.5) is 0 Å². The van der Waals surface area contributed by atoms with Gasteiger partial charge in [-0.1, -0.05) is 12.1 Å².